The topological polar surface area (TPSA) is 46.5 Å². The van der Waals surface area contributed by atoms with Gasteiger partial charge < -0.3 is 9.84 Å². The van der Waals surface area contributed by atoms with Gasteiger partial charge in [-0.05, 0) is 44.9 Å². The van der Waals surface area contributed by atoms with E-state index < -0.39 is 11.4 Å². The molecule has 0 radical (unpaired) electrons. The van der Waals surface area contributed by atoms with Crippen LogP contribution in [0.5, 0.6) is 0 Å². The number of rotatable bonds is 5. The van der Waals surface area contributed by atoms with Crippen molar-refractivity contribution in [2.24, 2.45) is 11.3 Å². The maximum Gasteiger partial charge on any atom is 0.309 e. The largest absolute Gasteiger partial charge is 0.481 e. The molecule has 1 N–H and O–H groups in total. The zero-order chi connectivity index (χ0) is 11.3. The number of carboxylic acid groups (broad SMARTS) is 1. The van der Waals surface area contributed by atoms with Crippen LogP contribution in [0.4, 0.5) is 0 Å². The lowest BCUT2D eigenvalue weighted by atomic mass is 9.69. The van der Waals surface area contributed by atoms with Gasteiger partial charge in [0.25, 0.3) is 0 Å². The van der Waals surface area contributed by atoms with Crippen LogP contribution >= 0.6 is 0 Å². The molecular weight excluding hydrogens is 192 g/mol. The Morgan fingerprint density at radius 1 is 1.47 bits per heavy atom. The molecule has 0 atom stereocenters. The second-order valence-electron chi connectivity index (χ2n) is 4.71. The standard InChI is InChI=1S/C12H22O3/c1-3-15-9-8-12(11(13)14)6-4-10(2)5-7-12/h10H,3-9H2,1-2H3,(H,13,14). The molecule has 0 bridgehead atoms. The van der Waals surface area contributed by atoms with Crippen LogP contribution in [-0.4, -0.2) is 24.3 Å². The van der Waals surface area contributed by atoms with E-state index in [9.17, 15) is 9.90 Å². The van der Waals surface area contributed by atoms with Crippen LogP contribution in [0.15, 0.2) is 0 Å². The fourth-order valence-electron chi connectivity index (χ4n) is 2.30. The Hall–Kier alpha value is -0.570. The zero-order valence-corrected chi connectivity index (χ0v) is 9.79. The van der Waals surface area contributed by atoms with Crippen molar-refractivity contribution in [2.45, 2.75) is 46.0 Å². The number of hydrogen-bond donors (Lipinski definition) is 1. The van der Waals surface area contributed by atoms with Gasteiger partial charge >= 0.3 is 5.97 Å². The van der Waals surface area contributed by atoms with Gasteiger partial charge in [0, 0.05) is 13.2 Å². The molecule has 1 aliphatic rings. The van der Waals surface area contributed by atoms with Crippen molar-refractivity contribution in [1.29, 1.82) is 0 Å². The predicted octanol–water partition coefficient (Wildman–Crippen LogP) is 2.69. The first-order chi connectivity index (χ1) is 7.10. The lowest BCUT2D eigenvalue weighted by Crippen LogP contribution is -2.36. The van der Waals surface area contributed by atoms with Crippen LogP contribution in [0.3, 0.4) is 0 Å². The minimum absolute atomic E-state index is 0.498. The molecule has 88 valence electrons. The first kappa shape index (κ1) is 12.5. The van der Waals surface area contributed by atoms with Crippen molar-refractivity contribution in [1.82, 2.24) is 0 Å². The molecule has 1 fully saturated rings. The van der Waals surface area contributed by atoms with Crippen molar-refractivity contribution in [3.8, 4) is 0 Å². The summed E-state index contributed by atoms with van der Waals surface area (Å²) in [6.07, 6.45) is 4.38. The molecule has 0 unspecified atom stereocenters. The summed E-state index contributed by atoms with van der Waals surface area (Å²) >= 11 is 0. The van der Waals surface area contributed by atoms with Crippen LogP contribution in [-0.2, 0) is 9.53 Å². The average molecular weight is 214 g/mol. The van der Waals surface area contributed by atoms with E-state index in [4.69, 9.17) is 4.74 Å². The molecule has 15 heavy (non-hydrogen) atoms. The Kier molecular flexibility index (Phi) is 4.58. The fourth-order valence-corrected chi connectivity index (χ4v) is 2.30. The number of carboxylic acids is 1. The molecule has 3 nitrogen and oxygen atoms in total. The predicted molar refractivity (Wildman–Crippen MR) is 58.8 cm³/mol. The third-order valence-electron chi connectivity index (χ3n) is 3.61. The van der Waals surface area contributed by atoms with Crippen molar-refractivity contribution in [2.75, 3.05) is 13.2 Å². The minimum Gasteiger partial charge on any atom is -0.481 e. The molecule has 3 heteroatoms. The second-order valence-corrected chi connectivity index (χ2v) is 4.71. The molecule has 0 amide bonds. The highest BCUT2D eigenvalue weighted by molar-refractivity contribution is 5.74. The molecular formula is C12H22O3. The molecule has 0 saturated heterocycles. The Balaban J connectivity index is 2.51. The van der Waals surface area contributed by atoms with E-state index in [0.29, 0.717) is 25.6 Å². The van der Waals surface area contributed by atoms with E-state index in [1.165, 1.54) is 0 Å². The van der Waals surface area contributed by atoms with Crippen molar-refractivity contribution in [3.05, 3.63) is 0 Å². The molecule has 0 aromatic rings. The third kappa shape index (κ3) is 3.20. The summed E-state index contributed by atoms with van der Waals surface area (Å²) in [5, 5.41) is 9.32. The lowest BCUT2D eigenvalue weighted by molar-refractivity contribution is -0.153. The molecule has 0 aromatic carbocycles. The van der Waals surface area contributed by atoms with Crippen LogP contribution in [0, 0.1) is 11.3 Å². The van der Waals surface area contributed by atoms with E-state index in [2.05, 4.69) is 6.92 Å². The van der Waals surface area contributed by atoms with Gasteiger partial charge in [-0.2, -0.15) is 0 Å². The molecule has 0 aliphatic heterocycles. The van der Waals surface area contributed by atoms with E-state index >= 15 is 0 Å². The smallest absolute Gasteiger partial charge is 0.309 e. The van der Waals surface area contributed by atoms with Gasteiger partial charge in [0.2, 0.25) is 0 Å². The summed E-state index contributed by atoms with van der Waals surface area (Å²) in [6.45, 7) is 5.40. The quantitative estimate of drug-likeness (QED) is 0.716. The zero-order valence-electron chi connectivity index (χ0n) is 9.79. The summed E-state index contributed by atoms with van der Waals surface area (Å²) in [4.78, 5) is 11.3. The van der Waals surface area contributed by atoms with E-state index in [1.807, 2.05) is 6.92 Å². The molecule has 0 heterocycles. The number of aliphatic carboxylic acids is 1. The van der Waals surface area contributed by atoms with E-state index in [1.54, 1.807) is 0 Å². The molecule has 1 aliphatic carbocycles. The fraction of sp³-hybridized carbons (Fsp3) is 0.917. The first-order valence-electron chi connectivity index (χ1n) is 5.92. The SMILES string of the molecule is CCOCCC1(C(=O)O)CCC(C)CC1. The Labute approximate surface area is 91.8 Å². The van der Waals surface area contributed by atoms with E-state index in [0.717, 1.165) is 25.7 Å². The highest BCUT2D eigenvalue weighted by Crippen LogP contribution is 2.41. The van der Waals surface area contributed by atoms with Crippen molar-refractivity contribution >= 4 is 5.97 Å². The monoisotopic (exact) mass is 214 g/mol. The summed E-state index contributed by atoms with van der Waals surface area (Å²) in [5.74, 6) is 0.0543. The highest BCUT2D eigenvalue weighted by atomic mass is 16.5. The Bertz CT molecular complexity index is 205. The van der Waals surface area contributed by atoms with E-state index in [-0.39, 0.29) is 0 Å². The summed E-state index contributed by atoms with van der Waals surface area (Å²) in [7, 11) is 0. The van der Waals surface area contributed by atoms with Crippen LogP contribution in [0.25, 0.3) is 0 Å². The highest BCUT2D eigenvalue weighted by Gasteiger charge is 2.40. The van der Waals surface area contributed by atoms with Gasteiger partial charge in [-0.1, -0.05) is 6.92 Å². The molecule has 0 aromatic heterocycles. The normalized spacial score (nSPS) is 31.5. The maximum atomic E-state index is 11.3. The summed E-state index contributed by atoms with van der Waals surface area (Å²) in [5.41, 5.74) is -0.498. The summed E-state index contributed by atoms with van der Waals surface area (Å²) < 4.78 is 5.27. The first-order valence-corrected chi connectivity index (χ1v) is 5.92. The van der Waals surface area contributed by atoms with Gasteiger partial charge in [-0.25, -0.2) is 0 Å². The molecule has 1 rings (SSSR count). The van der Waals surface area contributed by atoms with Crippen LogP contribution in [0.2, 0.25) is 0 Å². The molecule has 1 saturated carbocycles. The molecule has 0 spiro atoms. The Morgan fingerprint density at radius 2 is 2.07 bits per heavy atom. The minimum atomic E-state index is -0.630. The third-order valence-corrected chi connectivity index (χ3v) is 3.61. The average Bonchev–Trinajstić information content (AvgIpc) is 2.21. The number of carbonyl (C=O) groups is 1. The van der Waals surface area contributed by atoms with Crippen LogP contribution < -0.4 is 0 Å². The maximum absolute atomic E-state index is 11.3. The number of ether oxygens (including phenoxy) is 1. The van der Waals surface area contributed by atoms with Gasteiger partial charge in [-0.3, -0.25) is 4.79 Å². The Morgan fingerprint density at radius 3 is 2.53 bits per heavy atom. The lowest BCUT2D eigenvalue weighted by Gasteiger charge is -2.35. The van der Waals surface area contributed by atoms with Crippen molar-refractivity contribution in [3.63, 3.8) is 0 Å². The van der Waals surface area contributed by atoms with Gasteiger partial charge in [0.15, 0.2) is 0 Å². The van der Waals surface area contributed by atoms with Crippen LogP contribution in [0.1, 0.15) is 46.0 Å². The van der Waals surface area contributed by atoms with Gasteiger partial charge in [0.1, 0.15) is 0 Å². The summed E-state index contributed by atoms with van der Waals surface area (Å²) in [6, 6.07) is 0. The number of hydrogen-bond acceptors (Lipinski definition) is 2. The van der Waals surface area contributed by atoms with Crippen molar-refractivity contribution < 1.29 is 14.6 Å². The van der Waals surface area contributed by atoms with Gasteiger partial charge in [-0.15, -0.1) is 0 Å². The van der Waals surface area contributed by atoms with Gasteiger partial charge in [0.05, 0.1) is 5.41 Å². The second kappa shape index (κ2) is 5.50.